The van der Waals surface area contributed by atoms with Crippen LogP contribution in [-0.4, -0.2) is 10.9 Å². The van der Waals surface area contributed by atoms with E-state index >= 15 is 0 Å². The Morgan fingerprint density at radius 2 is 2.06 bits per heavy atom. The van der Waals surface area contributed by atoms with Crippen molar-refractivity contribution in [2.45, 2.75) is 0 Å². The Kier molecular flexibility index (Phi) is 3.09. The Morgan fingerprint density at radius 1 is 1.28 bits per heavy atom. The number of aromatic amines is 1. The molecule has 18 heavy (non-hydrogen) atoms. The maximum absolute atomic E-state index is 13.0. The maximum Gasteiger partial charge on any atom is 0.255 e. The summed E-state index contributed by atoms with van der Waals surface area (Å²) < 4.78 is 13.0. The molecule has 0 aliphatic carbocycles. The van der Waals surface area contributed by atoms with Crippen LogP contribution in [0.4, 0.5) is 15.8 Å². The summed E-state index contributed by atoms with van der Waals surface area (Å²) in [7, 11) is 0. The molecule has 2 rings (SSSR count). The zero-order chi connectivity index (χ0) is 13.1. The Labute approximate surface area is 101 Å². The molecule has 92 valence electrons. The van der Waals surface area contributed by atoms with E-state index < -0.39 is 17.3 Å². The highest BCUT2D eigenvalue weighted by atomic mass is 19.1. The zero-order valence-corrected chi connectivity index (χ0v) is 9.24. The maximum atomic E-state index is 13.0. The van der Waals surface area contributed by atoms with Gasteiger partial charge in [-0.25, -0.2) is 4.39 Å². The molecule has 6 heteroatoms. The van der Waals surface area contributed by atoms with Crippen molar-refractivity contribution in [3.63, 3.8) is 0 Å². The summed E-state index contributed by atoms with van der Waals surface area (Å²) in [5.41, 5.74) is 5.78. The summed E-state index contributed by atoms with van der Waals surface area (Å²) in [4.78, 5) is 25.2. The quantitative estimate of drug-likeness (QED) is 0.700. The van der Waals surface area contributed by atoms with Gasteiger partial charge in [0.2, 0.25) is 5.56 Å². The minimum absolute atomic E-state index is 0.167. The molecule has 1 aromatic heterocycles. The fraction of sp³-hybridized carbons (Fsp3) is 0. The number of hydrogen-bond donors (Lipinski definition) is 3. The number of carbonyl (C=O) groups is 1. The second kappa shape index (κ2) is 4.70. The van der Waals surface area contributed by atoms with Gasteiger partial charge >= 0.3 is 0 Å². The topological polar surface area (TPSA) is 88.0 Å². The minimum atomic E-state index is -0.529. The highest BCUT2D eigenvalue weighted by Gasteiger charge is 2.09. The van der Waals surface area contributed by atoms with Gasteiger partial charge in [-0.15, -0.1) is 0 Å². The summed E-state index contributed by atoms with van der Waals surface area (Å²) in [5.74, 6) is -1.04. The number of nitrogens with two attached hydrogens (primary N) is 1. The van der Waals surface area contributed by atoms with E-state index in [2.05, 4.69) is 10.3 Å². The molecule has 0 spiro atoms. The first-order valence-corrected chi connectivity index (χ1v) is 5.11. The third kappa shape index (κ3) is 2.54. The van der Waals surface area contributed by atoms with Crippen molar-refractivity contribution in [2.75, 3.05) is 11.1 Å². The lowest BCUT2D eigenvalue weighted by molar-refractivity contribution is 0.102. The molecule has 0 unspecified atom stereocenters. The van der Waals surface area contributed by atoms with Crippen molar-refractivity contribution in [1.29, 1.82) is 0 Å². The lowest BCUT2D eigenvalue weighted by atomic mass is 10.2. The number of H-pyrrole nitrogens is 1. The molecule has 0 aliphatic rings. The van der Waals surface area contributed by atoms with Gasteiger partial charge in [0.15, 0.2) is 0 Å². The van der Waals surface area contributed by atoms with Crippen molar-refractivity contribution >= 4 is 17.3 Å². The number of benzene rings is 1. The first-order chi connectivity index (χ1) is 8.56. The van der Waals surface area contributed by atoms with E-state index in [0.29, 0.717) is 0 Å². The average molecular weight is 247 g/mol. The largest absolute Gasteiger partial charge is 0.397 e. The smallest absolute Gasteiger partial charge is 0.255 e. The van der Waals surface area contributed by atoms with Gasteiger partial charge in [0.1, 0.15) is 5.82 Å². The lowest BCUT2D eigenvalue weighted by Crippen LogP contribution is -2.16. The molecule has 0 radical (unpaired) electrons. The summed E-state index contributed by atoms with van der Waals surface area (Å²) in [6.45, 7) is 0. The monoisotopic (exact) mass is 247 g/mol. The first-order valence-electron chi connectivity index (χ1n) is 5.11. The molecule has 0 atom stereocenters. The van der Waals surface area contributed by atoms with Crippen LogP contribution in [0, 0.1) is 5.82 Å². The third-order valence-corrected chi connectivity index (χ3v) is 2.30. The molecule has 5 nitrogen and oxygen atoms in total. The summed E-state index contributed by atoms with van der Waals surface area (Å²) in [6, 6.07) is 6.23. The number of nitrogens with one attached hydrogen (secondary N) is 2. The molecule has 1 aromatic carbocycles. The van der Waals surface area contributed by atoms with Gasteiger partial charge in [0.05, 0.1) is 11.4 Å². The highest BCUT2D eigenvalue weighted by molar-refractivity contribution is 6.05. The SMILES string of the molecule is Nc1ccc(F)cc1NC(=O)c1cc[nH]c(=O)c1. The van der Waals surface area contributed by atoms with Crippen LogP contribution >= 0.6 is 0 Å². The van der Waals surface area contributed by atoms with E-state index in [1.54, 1.807) is 0 Å². The van der Waals surface area contributed by atoms with Crippen LogP contribution in [0.15, 0.2) is 41.3 Å². The second-order valence-electron chi connectivity index (χ2n) is 3.63. The highest BCUT2D eigenvalue weighted by Crippen LogP contribution is 2.19. The zero-order valence-electron chi connectivity index (χ0n) is 9.24. The number of amides is 1. The normalized spacial score (nSPS) is 10.1. The van der Waals surface area contributed by atoms with Crippen LogP contribution in [-0.2, 0) is 0 Å². The third-order valence-electron chi connectivity index (χ3n) is 2.30. The van der Waals surface area contributed by atoms with E-state index in [9.17, 15) is 14.0 Å². The molecule has 1 amide bonds. The van der Waals surface area contributed by atoms with Crippen LogP contribution in [0.25, 0.3) is 0 Å². The summed E-state index contributed by atoms with van der Waals surface area (Å²) in [5, 5.41) is 2.44. The molecule has 0 aliphatic heterocycles. The van der Waals surface area contributed by atoms with E-state index in [4.69, 9.17) is 5.73 Å². The molecule has 0 saturated carbocycles. The number of hydrogen-bond acceptors (Lipinski definition) is 3. The fourth-order valence-corrected chi connectivity index (χ4v) is 1.42. The van der Waals surface area contributed by atoms with E-state index in [-0.39, 0.29) is 16.9 Å². The van der Waals surface area contributed by atoms with Crippen molar-refractivity contribution in [3.05, 3.63) is 58.3 Å². The van der Waals surface area contributed by atoms with Crippen molar-refractivity contribution < 1.29 is 9.18 Å². The Hall–Kier alpha value is -2.63. The first kappa shape index (κ1) is 11.8. The molecule has 1 heterocycles. The van der Waals surface area contributed by atoms with Gasteiger partial charge in [0.25, 0.3) is 5.91 Å². The van der Waals surface area contributed by atoms with Gasteiger partial charge in [-0.1, -0.05) is 0 Å². The van der Waals surface area contributed by atoms with Gasteiger partial charge in [-0.3, -0.25) is 9.59 Å². The van der Waals surface area contributed by atoms with Crippen LogP contribution in [0.3, 0.4) is 0 Å². The second-order valence-corrected chi connectivity index (χ2v) is 3.63. The molecule has 0 fully saturated rings. The van der Waals surface area contributed by atoms with Crippen molar-refractivity contribution in [3.8, 4) is 0 Å². The number of halogens is 1. The van der Waals surface area contributed by atoms with Gasteiger partial charge in [-0.2, -0.15) is 0 Å². The standard InChI is InChI=1S/C12H10FN3O2/c13-8-1-2-9(14)10(6-8)16-12(18)7-3-4-15-11(17)5-7/h1-6H,14H2,(H,15,17)(H,16,18). The van der Waals surface area contributed by atoms with Crippen LogP contribution < -0.4 is 16.6 Å². The van der Waals surface area contributed by atoms with Crippen LogP contribution in [0.2, 0.25) is 0 Å². The number of carbonyl (C=O) groups excluding carboxylic acids is 1. The molecule has 2 aromatic rings. The Morgan fingerprint density at radius 3 is 2.78 bits per heavy atom. The molecular formula is C12H10FN3O2. The van der Waals surface area contributed by atoms with Crippen molar-refractivity contribution in [2.24, 2.45) is 0 Å². The Balaban J connectivity index is 2.26. The molecular weight excluding hydrogens is 237 g/mol. The molecule has 0 bridgehead atoms. The number of pyridine rings is 1. The predicted molar refractivity (Wildman–Crippen MR) is 65.8 cm³/mol. The lowest BCUT2D eigenvalue weighted by Gasteiger charge is -2.07. The molecule has 4 N–H and O–H groups in total. The Bertz CT molecular complexity index is 652. The number of nitrogen functional groups attached to an aromatic ring is 1. The number of rotatable bonds is 2. The summed E-state index contributed by atoms with van der Waals surface area (Å²) in [6.07, 6.45) is 1.35. The van der Waals surface area contributed by atoms with Crippen LogP contribution in [0.1, 0.15) is 10.4 Å². The average Bonchev–Trinajstić information content (AvgIpc) is 2.34. The van der Waals surface area contributed by atoms with Gasteiger partial charge < -0.3 is 16.0 Å². The minimum Gasteiger partial charge on any atom is -0.397 e. The van der Waals surface area contributed by atoms with E-state index in [1.807, 2.05) is 0 Å². The van der Waals surface area contributed by atoms with Crippen molar-refractivity contribution in [1.82, 2.24) is 4.98 Å². The predicted octanol–water partition coefficient (Wildman–Crippen LogP) is 1.35. The van der Waals surface area contributed by atoms with Crippen LogP contribution in [0.5, 0.6) is 0 Å². The molecule has 0 saturated heterocycles. The van der Waals surface area contributed by atoms with Gasteiger partial charge in [0, 0.05) is 17.8 Å². The van der Waals surface area contributed by atoms with Gasteiger partial charge in [-0.05, 0) is 24.3 Å². The number of aromatic nitrogens is 1. The van der Waals surface area contributed by atoms with E-state index in [1.165, 1.54) is 24.4 Å². The fourth-order valence-electron chi connectivity index (χ4n) is 1.42. The summed E-state index contributed by atoms with van der Waals surface area (Å²) >= 11 is 0. The van der Waals surface area contributed by atoms with E-state index in [0.717, 1.165) is 12.1 Å². The number of anilines is 2.